The van der Waals surface area contributed by atoms with Crippen LogP contribution in [0.15, 0.2) is 12.1 Å². The van der Waals surface area contributed by atoms with Crippen molar-refractivity contribution in [1.82, 2.24) is 4.98 Å². The van der Waals surface area contributed by atoms with Crippen LogP contribution in [0.1, 0.15) is 22.2 Å². The molecule has 1 aromatic carbocycles. The van der Waals surface area contributed by atoms with Crippen LogP contribution in [0, 0.1) is 17.0 Å². The fraction of sp³-hybridized carbons (Fsp3) is 0.286. The van der Waals surface area contributed by atoms with Crippen molar-refractivity contribution in [1.29, 1.82) is 0 Å². The fourth-order valence-corrected chi connectivity index (χ4v) is 2.88. The second-order valence-corrected chi connectivity index (χ2v) is 5.58. The monoisotopic (exact) mass is 337 g/mol. The molecule has 0 unspecified atom stereocenters. The summed E-state index contributed by atoms with van der Waals surface area (Å²) in [5.74, 6) is -0.198. The molecule has 0 amide bonds. The van der Waals surface area contributed by atoms with E-state index in [0.717, 1.165) is 11.3 Å². The van der Waals surface area contributed by atoms with Gasteiger partial charge < -0.3 is 15.2 Å². The normalized spacial score (nSPS) is 10.4. The van der Waals surface area contributed by atoms with E-state index in [1.165, 1.54) is 13.2 Å². The van der Waals surface area contributed by atoms with E-state index < -0.39 is 10.9 Å². The largest absolute Gasteiger partial charge is 0.497 e. The molecule has 0 radical (unpaired) electrons. The van der Waals surface area contributed by atoms with Gasteiger partial charge in [-0.1, -0.05) is 11.3 Å². The average Bonchev–Trinajstić information content (AvgIpc) is 2.88. The standard InChI is InChI=1S/C14H15N3O5S/c1-4-22-13(18)12-10(16-14(15)23-12)9-6-8(21-3)5-7(2)11(9)17(19)20/h5-6H,4H2,1-3H3,(H2,15,16). The Morgan fingerprint density at radius 2 is 2.17 bits per heavy atom. The molecule has 23 heavy (non-hydrogen) atoms. The number of nitrogens with zero attached hydrogens (tertiary/aromatic N) is 2. The summed E-state index contributed by atoms with van der Waals surface area (Å²) < 4.78 is 10.1. The van der Waals surface area contributed by atoms with Crippen molar-refractivity contribution in [3.05, 3.63) is 32.7 Å². The van der Waals surface area contributed by atoms with Crippen LogP contribution in [0.5, 0.6) is 5.75 Å². The quantitative estimate of drug-likeness (QED) is 0.506. The molecule has 122 valence electrons. The third-order valence-corrected chi connectivity index (χ3v) is 3.92. The third-order valence-electron chi connectivity index (χ3n) is 3.05. The molecule has 0 aliphatic heterocycles. The molecule has 0 saturated carbocycles. The van der Waals surface area contributed by atoms with Crippen LogP contribution in [0.2, 0.25) is 0 Å². The number of hydrogen-bond acceptors (Lipinski definition) is 8. The molecule has 2 N–H and O–H groups in total. The molecule has 0 aliphatic carbocycles. The van der Waals surface area contributed by atoms with Crippen LogP contribution in [-0.2, 0) is 4.74 Å². The maximum Gasteiger partial charge on any atom is 0.350 e. The zero-order valence-corrected chi connectivity index (χ0v) is 13.6. The first-order valence-electron chi connectivity index (χ1n) is 6.65. The van der Waals surface area contributed by atoms with Crippen LogP contribution in [0.4, 0.5) is 10.8 Å². The predicted molar refractivity (Wildman–Crippen MR) is 85.9 cm³/mol. The smallest absolute Gasteiger partial charge is 0.350 e. The van der Waals surface area contributed by atoms with E-state index in [1.54, 1.807) is 19.9 Å². The molecular formula is C14H15N3O5S. The van der Waals surface area contributed by atoms with Gasteiger partial charge in [-0.05, 0) is 26.0 Å². The average molecular weight is 337 g/mol. The molecule has 1 aromatic heterocycles. The molecule has 0 atom stereocenters. The van der Waals surface area contributed by atoms with Crippen molar-refractivity contribution >= 4 is 28.1 Å². The Bertz CT molecular complexity index is 772. The lowest BCUT2D eigenvalue weighted by Gasteiger charge is -2.08. The van der Waals surface area contributed by atoms with Gasteiger partial charge in [-0.2, -0.15) is 0 Å². The lowest BCUT2D eigenvalue weighted by Crippen LogP contribution is -2.05. The number of aryl methyl sites for hydroxylation is 1. The number of hydrogen-bond donors (Lipinski definition) is 1. The third kappa shape index (κ3) is 3.24. The Kier molecular flexibility index (Phi) is 4.80. The molecule has 0 fully saturated rings. The maximum atomic E-state index is 12.1. The van der Waals surface area contributed by atoms with E-state index in [2.05, 4.69) is 4.98 Å². The van der Waals surface area contributed by atoms with E-state index in [1.807, 2.05) is 0 Å². The number of ether oxygens (including phenoxy) is 2. The second-order valence-electron chi connectivity index (χ2n) is 4.55. The summed E-state index contributed by atoms with van der Waals surface area (Å²) in [4.78, 5) is 27.2. The van der Waals surface area contributed by atoms with Gasteiger partial charge in [0.15, 0.2) is 5.13 Å². The maximum absolute atomic E-state index is 12.1. The number of nitrogens with two attached hydrogens (primary N) is 1. The molecular weight excluding hydrogens is 322 g/mol. The van der Waals surface area contributed by atoms with Crippen LogP contribution in [0.25, 0.3) is 11.3 Å². The van der Waals surface area contributed by atoms with E-state index in [0.29, 0.717) is 11.3 Å². The molecule has 0 saturated heterocycles. The summed E-state index contributed by atoms with van der Waals surface area (Å²) in [5, 5.41) is 11.5. The van der Waals surface area contributed by atoms with E-state index in [9.17, 15) is 14.9 Å². The van der Waals surface area contributed by atoms with Gasteiger partial charge in [0.1, 0.15) is 16.3 Å². The molecule has 2 rings (SSSR count). The lowest BCUT2D eigenvalue weighted by atomic mass is 10.0. The summed E-state index contributed by atoms with van der Waals surface area (Å²) in [6, 6.07) is 3.00. The topological polar surface area (TPSA) is 118 Å². The first-order valence-corrected chi connectivity index (χ1v) is 7.47. The van der Waals surface area contributed by atoms with Gasteiger partial charge in [-0.25, -0.2) is 9.78 Å². The summed E-state index contributed by atoms with van der Waals surface area (Å²) in [7, 11) is 1.45. The van der Waals surface area contributed by atoms with E-state index in [-0.39, 0.29) is 33.6 Å². The number of methoxy groups -OCH3 is 1. The molecule has 8 nitrogen and oxygen atoms in total. The van der Waals surface area contributed by atoms with Crippen molar-refractivity contribution in [2.75, 3.05) is 19.5 Å². The highest BCUT2D eigenvalue weighted by atomic mass is 32.1. The minimum Gasteiger partial charge on any atom is -0.497 e. The van der Waals surface area contributed by atoms with Crippen molar-refractivity contribution in [2.24, 2.45) is 0 Å². The summed E-state index contributed by atoms with van der Waals surface area (Å²) in [6.07, 6.45) is 0. The predicted octanol–water partition coefficient (Wildman–Crippen LogP) is 2.79. The number of carbonyl (C=O) groups is 1. The van der Waals surface area contributed by atoms with Crippen molar-refractivity contribution in [3.63, 3.8) is 0 Å². The Hall–Kier alpha value is -2.68. The molecule has 1 heterocycles. The summed E-state index contributed by atoms with van der Waals surface area (Å²) >= 11 is 0.926. The van der Waals surface area contributed by atoms with Crippen LogP contribution >= 0.6 is 11.3 Å². The van der Waals surface area contributed by atoms with Crippen molar-refractivity contribution in [2.45, 2.75) is 13.8 Å². The highest BCUT2D eigenvalue weighted by Gasteiger charge is 2.28. The SMILES string of the molecule is CCOC(=O)c1sc(N)nc1-c1cc(OC)cc(C)c1[N+](=O)[O-]. The number of nitro benzene ring substituents is 1. The zero-order chi connectivity index (χ0) is 17.1. The zero-order valence-electron chi connectivity index (χ0n) is 12.8. The van der Waals surface area contributed by atoms with Gasteiger partial charge in [0.25, 0.3) is 5.69 Å². The highest BCUT2D eigenvalue weighted by molar-refractivity contribution is 7.17. The Morgan fingerprint density at radius 1 is 1.48 bits per heavy atom. The van der Waals surface area contributed by atoms with Gasteiger partial charge >= 0.3 is 5.97 Å². The number of nitro groups is 1. The molecule has 2 aromatic rings. The highest BCUT2D eigenvalue weighted by Crippen LogP contribution is 2.40. The van der Waals surface area contributed by atoms with Crippen LogP contribution in [-0.4, -0.2) is 29.6 Å². The Labute approximate surface area is 136 Å². The number of anilines is 1. The van der Waals surface area contributed by atoms with Gasteiger partial charge in [0.2, 0.25) is 0 Å². The van der Waals surface area contributed by atoms with Gasteiger partial charge in [-0.3, -0.25) is 10.1 Å². The first kappa shape index (κ1) is 16.7. The number of thiazole rings is 1. The molecule has 0 bridgehead atoms. The number of aromatic nitrogens is 1. The number of carbonyl (C=O) groups excluding carboxylic acids is 1. The van der Waals surface area contributed by atoms with E-state index >= 15 is 0 Å². The van der Waals surface area contributed by atoms with Gasteiger partial charge in [-0.15, -0.1) is 0 Å². The minimum absolute atomic E-state index is 0.123. The summed E-state index contributed by atoms with van der Waals surface area (Å²) in [6.45, 7) is 3.43. The number of esters is 1. The van der Waals surface area contributed by atoms with Crippen LogP contribution in [0.3, 0.4) is 0 Å². The summed E-state index contributed by atoms with van der Waals surface area (Å²) in [5.41, 5.74) is 6.22. The molecule has 0 spiro atoms. The number of benzene rings is 1. The molecule has 9 heteroatoms. The lowest BCUT2D eigenvalue weighted by molar-refractivity contribution is -0.384. The number of nitrogen functional groups attached to an aromatic ring is 1. The van der Waals surface area contributed by atoms with Crippen molar-refractivity contribution in [3.8, 4) is 17.0 Å². The van der Waals surface area contributed by atoms with Gasteiger partial charge in [0, 0.05) is 5.56 Å². The van der Waals surface area contributed by atoms with Crippen LogP contribution < -0.4 is 10.5 Å². The van der Waals surface area contributed by atoms with Gasteiger partial charge in [0.05, 0.1) is 24.2 Å². The first-order chi connectivity index (χ1) is 10.9. The Morgan fingerprint density at radius 3 is 2.74 bits per heavy atom. The van der Waals surface area contributed by atoms with E-state index in [4.69, 9.17) is 15.2 Å². The minimum atomic E-state index is -0.619. The second kappa shape index (κ2) is 6.61. The Balaban J connectivity index is 2.73. The number of rotatable bonds is 5. The fourth-order valence-electron chi connectivity index (χ4n) is 2.14. The molecule has 0 aliphatic rings. The van der Waals surface area contributed by atoms with Crippen molar-refractivity contribution < 1.29 is 19.2 Å².